The predicted octanol–water partition coefficient (Wildman–Crippen LogP) is 4.26. The molecule has 120 valence electrons. The van der Waals surface area contributed by atoms with Crippen LogP contribution in [-0.4, -0.2) is 14.3 Å². The number of carbonyl (C=O) groups excluding carboxylic acids is 1. The number of amides is 1. The first-order valence-electron chi connectivity index (χ1n) is 7.29. The summed E-state index contributed by atoms with van der Waals surface area (Å²) < 4.78 is 27.8. The molecule has 6 heteroatoms. The van der Waals surface area contributed by atoms with Gasteiger partial charge < -0.3 is 0 Å². The summed E-state index contributed by atoms with van der Waals surface area (Å²) in [6, 6.07) is 15.2. The summed E-state index contributed by atoms with van der Waals surface area (Å²) in [6.07, 6.45) is 0. The number of benzene rings is 3. The molecule has 0 unspecified atom stereocenters. The van der Waals surface area contributed by atoms with Crippen LogP contribution in [0.4, 0.5) is 5.69 Å². The van der Waals surface area contributed by atoms with Gasteiger partial charge in [0.25, 0.3) is 15.9 Å². The van der Waals surface area contributed by atoms with Gasteiger partial charge in [0, 0.05) is 9.86 Å². The number of hydrogen-bond acceptors (Lipinski definition) is 3. The predicted molar refractivity (Wildman–Crippen MR) is 96.8 cm³/mol. The number of anilines is 1. The SMILES string of the molecule is Cc1ccc(S(=O)(=O)N2C(=O)c3cccc4c(Br)ccc2c34)cc1. The quantitative estimate of drug-likeness (QED) is 0.644. The van der Waals surface area contributed by atoms with Crippen LogP contribution in [0, 0.1) is 6.92 Å². The van der Waals surface area contributed by atoms with E-state index in [0.29, 0.717) is 16.6 Å². The van der Waals surface area contributed by atoms with E-state index in [4.69, 9.17) is 0 Å². The lowest BCUT2D eigenvalue weighted by Crippen LogP contribution is -2.33. The molecule has 0 fully saturated rings. The number of aryl methyl sites for hydroxylation is 1. The highest BCUT2D eigenvalue weighted by molar-refractivity contribution is 9.10. The second-order valence-electron chi connectivity index (χ2n) is 5.68. The molecule has 3 aromatic carbocycles. The number of halogens is 1. The second-order valence-corrected chi connectivity index (χ2v) is 8.32. The van der Waals surface area contributed by atoms with Gasteiger partial charge >= 0.3 is 0 Å². The molecule has 4 nitrogen and oxygen atoms in total. The lowest BCUT2D eigenvalue weighted by Gasteiger charge is -2.18. The molecule has 3 aromatic rings. The van der Waals surface area contributed by atoms with Gasteiger partial charge in [-0.3, -0.25) is 4.79 Å². The van der Waals surface area contributed by atoms with Gasteiger partial charge in [0.1, 0.15) is 0 Å². The summed E-state index contributed by atoms with van der Waals surface area (Å²) in [7, 11) is -3.96. The van der Waals surface area contributed by atoms with Crippen molar-refractivity contribution in [2.75, 3.05) is 4.31 Å². The van der Waals surface area contributed by atoms with Crippen molar-refractivity contribution >= 4 is 48.3 Å². The van der Waals surface area contributed by atoms with E-state index in [1.54, 1.807) is 36.4 Å². The Morgan fingerprint density at radius 2 is 1.67 bits per heavy atom. The van der Waals surface area contributed by atoms with E-state index in [9.17, 15) is 13.2 Å². The average Bonchev–Trinajstić information content (AvgIpc) is 2.86. The van der Waals surface area contributed by atoms with Gasteiger partial charge in [0.15, 0.2) is 0 Å². The molecule has 0 saturated carbocycles. The zero-order chi connectivity index (χ0) is 17.1. The van der Waals surface area contributed by atoms with Crippen molar-refractivity contribution in [3.8, 4) is 0 Å². The highest BCUT2D eigenvalue weighted by atomic mass is 79.9. The zero-order valence-electron chi connectivity index (χ0n) is 12.7. The minimum Gasteiger partial charge on any atom is -0.268 e. The topological polar surface area (TPSA) is 54.5 Å². The van der Waals surface area contributed by atoms with Gasteiger partial charge in [0.05, 0.1) is 16.1 Å². The first-order chi connectivity index (χ1) is 11.4. The molecule has 1 heterocycles. The van der Waals surface area contributed by atoms with Crippen LogP contribution >= 0.6 is 15.9 Å². The molecule has 1 amide bonds. The van der Waals surface area contributed by atoms with E-state index < -0.39 is 15.9 Å². The van der Waals surface area contributed by atoms with Crippen LogP contribution in [0.15, 0.2) is 64.0 Å². The fourth-order valence-electron chi connectivity index (χ4n) is 2.97. The minimum atomic E-state index is -3.96. The Morgan fingerprint density at radius 1 is 0.958 bits per heavy atom. The van der Waals surface area contributed by atoms with E-state index in [0.717, 1.165) is 19.7 Å². The maximum Gasteiger partial charge on any atom is 0.273 e. The number of hydrogen-bond donors (Lipinski definition) is 0. The van der Waals surface area contributed by atoms with E-state index in [-0.39, 0.29) is 4.90 Å². The van der Waals surface area contributed by atoms with Gasteiger partial charge in [-0.2, -0.15) is 4.31 Å². The molecule has 0 aromatic heterocycles. The Labute approximate surface area is 147 Å². The standard InChI is InChI=1S/C18H12BrNO3S/c1-11-5-7-12(8-6-11)24(22,23)20-16-10-9-15(19)13-3-2-4-14(17(13)16)18(20)21/h2-10H,1H3. The molecule has 0 atom stereocenters. The van der Waals surface area contributed by atoms with Crippen LogP contribution in [0.1, 0.15) is 15.9 Å². The van der Waals surface area contributed by atoms with E-state index in [2.05, 4.69) is 15.9 Å². The van der Waals surface area contributed by atoms with Crippen molar-refractivity contribution in [3.05, 3.63) is 70.2 Å². The lowest BCUT2D eigenvalue weighted by atomic mass is 10.1. The van der Waals surface area contributed by atoms with Crippen molar-refractivity contribution in [2.45, 2.75) is 11.8 Å². The second kappa shape index (κ2) is 5.16. The number of carbonyl (C=O) groups is 1. The van der Waals surface area contributed by atoms with Gasteiger partial charge in [-0.25, -0.2) is 8.42 Å². The number of rotatable bonds is 2. The van der Waals surface area contributed by atoms with Crippen molar-refractivity contribution in [3.63, 3.8) is 0 Å². The first kappa shape index (κ1) is 15.4. The van der Waals surface area contributed by atoms with Crippen molar-refractivity contribution in [1.29, 1.82) is 0 Å². The van der Waals surface area contributed by atoms with E-state index in [1.165, 1.54) is 12.1 Å². The highest BCUT2D eigenvalue weighted by Crippen LogP contribution is 2.42. The van der Waals surface area contributed by atoms with E-state index in [1.807, 2.05) is 13.0 Å². The molecule has 0 radical (unpaired) electrons. The molecule has 1 aliphatic rings. The number of sulfonamides is 1. The maximum atomic E-state index is 13.0. The van der Waals surface area contributed by atoms with Crippen molar-refractivity contribution in [1.82, 2.24) is 0 Å². The van der Waals surface area contributed by atoms with Crippen LogP contribution in [0.25, 0.3) is 10.8 Å². The molecular formula is C18H12BrNO3S. The lowest BCUT2D eigenvalue weighted by molar-refractivity contribution is 0.101. The summed E-state index contributed by atoms with van der Waals surface area (Å²) >= 11 is 3.46. The van der Waals surface area contributed by atoms with Gasteiger partial charge in [-0.05, 0) is 42.6 Å². The third kappa shape index (κ3) is 2.03. The summed E-state index contributed by atoms with van der Waals surface area (Å²) in [5.74, 6) is -0.519. The summed E-state index contributed by atoms with van der Waals surface area (Å²) in [5.41, 5.74) is 1.75. The van der Waals surface area contributed by atoms with Crippen molar-refractivity contribution in [2.24, 2.45) is 0 Å². The smallest absolute Gasteiger partial charge is 0.268 e. The van der Waals surface area contributed by atoms with Gasteiger partial charge in [-0.1, -0.05) is 45.8 Å². The first-order valence-corrected chi connectivity index (χ1v) is 9.52. The van der Waals surface area contributed by atoms with Gasteiger partial charge in [-0.15, -0.1) is 0 Å². The molecule has 0 spiro atoms. The molecule has 0 saturated heterocycles. The Hall–Kier alpha value is -2.18. The average molecular weight is 402 g/mol. The van der Waals surface area contributed by atoms with Crippen molar-refractivity contribution < 1.29 is 13.2 Å². The highest BCUT2D eigenvalue weighted by Gasteiger charge is 2.39. The fraction of sp³-hybridized carbons (Fsp3) is 0.0556. The van der Waals surface area contributed by atoms with Crippen LogP contribution in [0.5, 0.6) is 0 Å². The molecule has 0 bridgehead atoms. The Kier molecular flexibility index (Phi) is 3.30. The van der Waals surface area contributed by atoms with Gasteiger partial charge in [0.2, 0.25) is 0 Å². The van der Waals surface area contributed by atoms with Crippen LogP contribution < -0.4 is 4.31 Å². The Bertz CT molecular complexity index is 1110. The summed E-state index contributed by atoms with van der Waals surface area (Å²) in [5, 5.41) is 1.48. The Morgan fingerprint density at radius 3 is 2.38 bits per heavy atom. The molecule has 4 rings (SSSR count). The molecule has 24 heavy (non-hydrogen) atoms. The third-order valence-corrected chi connectivity index (χ3v) is 6.56. The van der Waals surface area contributed by atoms with Crippen LogP contribution in [0.2, 0.25) is 0 Å². The molecule has 0 N–H and O–H groups in total. The summed E-state index contributed by atoms with van der Waals surface area (Å²) in [4.78, 5) is 12.9. The normalized spacial score (nSPS) is 13.8. The van der Waals surface area contributed by atoms with Crippen LogP contribution in [0.3, 0.4) is 0 Å². The number of nitrogens with zero attached hydrogens (tertiary/aromatic N) is 1. The molecule has 1 aliphatic heterocycles. The largest absolute Gasteiger partial charge is 0.273 e. The Balaban J connectivity index is 1.98. The summed E-state index contributed by atoms with van der Waals surface area (Å²) in [6.45, 7) is 1.88. The zero-order valence-corrected chi connectivity index (χ0v) is 15.1. The molecular weight excluding hydrogens is 390 g/mol. The van der Waals surface area contributed by atoms with E-state index >= 15 is 0 Å². The fourth-order valence-corrected chi connectivity index (χ4v) is 4.85. The molecule has 0 aliphatic carbocycles. The maximum absolute atomic E-state index is 13.0. The monoisotopic (exact) mass is 401 g/mol. The minimum absolute atomic E-state index is 0.102. The third-order valence-electron chi connectivity index (χ3n) is 4.16. The van der Waals surface area contributed by atoms with Crippen LogP contribution in [-0.2, 0) is 10.0 Å².